The van der Waals surface area contributed by atoms with Crippen LogP contribution < -0.4 is 9.47 Å². The van der Waals surface area contributed by atoms with Crippen LogP contribution in [0, 0.1) is 0 Å². The summed E-state index contributed by atoms with van der Waals surface area (Å²) in [4.78, 5) is 15.3. The molecule has 35 heavy (non-hydrogen) atoms. The van der Waals surface area contributed by atoms with Gasteiger partial charge in [-0.2, -0.15) is 5.10 Å². The number of aromatic hydroxyl groups is 1. The summed E-state index contributed by atoms with van der Waals surface area (Å²) in [6.07, 6.45) is 4.97. The predicted octanol–water partition coefficient (Wildman–Crippen LogP) is 6.36. The average Bonchev–Trinajstić information content (AvgIpc) is 3.40. The van der Waals surface area contributed by atoms with E-state index in [2.05, 4.69) is 24.0 Å². The van der Waals surface area contributed by atoms with E-state index in [4.69, 9.17) is 21.1 Å². The number of phenols is 1. The summed E-state index contributed by atoms with van der Waals surface area (Å²) in [5, 5.41) is 18.4. The highest BCUT2D eigenvalue weighted by Crippen LogP contribution is 2.46. The van der Waals surface area contributed by atoms with E-state index in [1.807, 2.05) is 23.1 Å². The normalized spacial score (nSPS) is 14.9. The summed E-state index contributed by atoms with van der Waals surface area (Å²) in [5.74, 6) is 1.23. The molecular weight excluding hydrogens is 466 g/mol. The number of aromatic nitrogens is 2. The van der Waals surface area contributed by atoms with E-state index in [1.165, 1.54) is 6.07 Å². The number of nitrogens with zero attached hydrogens (tertiary/aromatic N) is 2. The van der Waals surface area contributed by atoms with Gasteiger partial charge in [-0.15, -0.1) is 0 Å². The summed E-state index contributed by atoms with van der Waals surface area (Å²) < 4.78 is 11.6. The first kappa shape index (κ1) is 24.9. The maximum atomic E-state index is 13.5. The summed E-state index contributed by atoms with van der Waals surface area (Å²) >= 11 is 6.23. The molecule has 0 aliphatic carbocycles. The molecular formula is C27H32ClN3O4. The predicted molar refractivity (Wildman–Crippen MR) is 136 cm³/mol. The molecule has 2 heterocycles. The summed E-state index contributed by atoms with van der Waals surface area (Å²) in [5.41, 5.74) is 3.04. The first-order chi connectivity index (χ1) is 17.0. The number of nitrogens with one attached hydrogen (secondary N) is 1. The number of unbranched alkanes of at least 4 members (excludes halogenated alkanes) is 3. The van der Waals surface area contributed by atoms with Gasteiger partial charge in [0.1, 0.15) is 17.1 Å². The van der Waals surface area contributed by atoms with Gasteiger partial charge in [0.05, 0.1) is 19.8 Å². The van der Waals surface area contributed by atoms with Gasteiger partial charge in [-0.25, -0.2) is 0 Å². The standard InChI is InChI=1S/C27H32ClN3O4/c1-4-6-8-13-31-26(17-9-12-21(22(15-17)34-3)35-14-7-5-2)23-24(29-30-25(23)27(31)33)19-16-18(28)10-11-20(19)32/h9-12,15-16,26,32H,4-8,13-14H2,1-3H3,(H,29,30). The Bertz CT molecular complexity index is 1190. The van der Waals surface area contributed by atoms with Crippen LogP contribution >= 0.6 is 11.6 Å². The number of hydrogen-bond acceptors (Lipinski definition) is 5. The highest BCUT2D eigenvalue weighted by Gasteiger charge is 2.42. The number of phenolic OH excluding ortho intramolecular Hbond substituents is 1. The molecule has 0 radical (unpaired) electrons. The number of hydrogen-bond donors (Lipinski definition) is 2. The quantitative estimate of drug-likeness (QED) is 0.301. The first-order valence-corrected chi connectivity index (χ1v) is 12.6. The molecule has 1 aliphatic heterocycles. The van der Waals surface area contributed by atoms with Crippen LogP contribution in [-0.4, -0.2) is 46.4 Å². The van der Waals surface area contributed by atoms with Gasteiger partial charge in [0.15, 0.2) is 11.5 Å². The van der Waals surface area contributed by atoms with Crippen LogP contribution in [0.4, 0.5) is 0 Å². The monoisotopic (exact) mass is 497 g/mol. The van der Waals surface area contributed by atoms with Gasteiger partial charge in [-0.3, -0.25) is 9.89 Å². The number of amides is 1. The molecule has 2 aromatic carbocycles. The fourth-order valence-electron chi connectivity index (χ4n) is 4.51. The van der Waals surface area contributed by atoms with E-state index >= 15 is 0 Å². The molecule has 1 aromatic heterocycles. The van der Waals surface area contributed by atoms with Crippen molar-refractivity contribution in [1.29, 1.82) is 0 Å². The van der Waals surface area contributed by atoms with E-state index < -0.39 is 0 Å². The fraction of sp³-hybridized carbons (Fsp3) is 0.407. The molecule has 8 heteroatoms. The van der Waals surface area contributed by atoms with E-state index in [1.54, 1.807) is 19.2 Å². The first-order valence-electron chi connectivity index (χ1n) is 12.2. The highest BCUT2D eigenvalue weighted by molar-refractivity contribution is 6.31. The van der Waals surface area contributed by atoms with Gasteiger partial charge < -0.3 is 19.5 Å². The highest BCUT2D eigenvalue weighted by atomic mass is 35.5. The number of H-pyrrole nitrogens is 1. The Kier molecular flexibility index (Phi) is 7.86. The van der Waals surface area contributed by atoms with Crippen LogP contribution in [0.25, 0.3) is 11.3 Å². The smallest absolute Gasteiger partial charge is 0.273 e. The fourth-order valence-corrected chi connectivity index (χ4v) is 4.68. The third kappa shape index (κ3) is 4.96. The zero-order valence-electron chi connectivity index (χ0n) is 20.4. The van der Waals surface area contributed by atoms with Crippen molar-refractivity contribution in [3.8, 4) is 28.5 Å². The molecule has 1 aliphatic rings. The number of carbonyl (C=O) groups is 1. The van der Waals surface area contributed by atoms with Crippen molar-refractivity contribution in [3.05, 3.63) is 58.2 Å². The molecule has 0 spiro atoms. The lowest BCUT2D eigenvalue weighted by atomic mass is 9.95. The summed E-state index contributed by atoms with van der Waals surface area (Å²) in [7, 11) is 1.61. The van der Waals surface area contributed by atoms with E-state index in [9.17, 15) is 9.90 Å². The maximum absolute atomic E-state index is 13.5. The lowest BCUT2D eigenvalue weighted by Gasteiger charge is -2.27. The molecule has 1 amide bonds. The van der Waals surface area contributed by atoms with Crippen molar-refractivity contribution >= 4 is 17.5 Å². The lowest BCUT2D eigenvalue weighted by Crippen LogP contribution is -2.30. The molecule has 0 fully saturated rings. The third-order valence-corrected chi connectivity index (χ3v) is 6.57. The topological polar surface area (TPSA) is 87.7 Å². The maximum Gasteiger partial charge on any atom is 0.273 e. The molecule has 3 aromatic rings. The van der Waals surface area contributed by atoms with Crippen LogP contribution in [-0.2, 0) is 0 Å². The molecule has 1 unspecified atom stereocenters. The largest absolute Gasteiger partial charge is 0.507 e. The second-order valence-electron chi connectivity index (χ2n) is 8.74. The number of carbonyl (C=O) groups excluding carboxylic acids is 1. The average molecular weight is 498 g/mol. The van der Waals surface area contributed by atoms with E-state index in [-0.39, 0.29) is 17.7 Å². The molecule has 4 rings (SSSR count). The Labute approximate surface area is 211 Å². The molecule has 2 N–H and O–H groups in total. The second-order valence-corrected chi connectivity index (χ2v) is 9.18. The van der Waals surface area contributed by atoms with Crippen molar-refractivity contribution in [1.82, 2.24) is 15.1 Å². The van der Waals surface area contributed by atoms with Crippen molar-refractivity contribution in [2.75, 3.05) is 20.3 Å². The SMILES string of the molecule is CCCCCN1C(=O)c2[nH]nc(-c3cc(Cl)ccc3O)c2C1c1ccc(OCCCC)c(OC)c1. The Balaban J connectivity index is 1.80. The Morgan fingerprint density at radius 3 is 2.63 bits per heavy atom. The van der Waals surface area contributed by atoms with Crippen LogP contribution in [0.3, 0.4) is 0 Å². The van der Waals surface area contributed by atoms with Crippen LogP contribution in [0.5, 0.6) is 17.2 Å². The van der Waals surface area contributed by atoms with Gasteiger partial charge in [0.25, 0.3) is 5.91 Å². The number of fused-ring (bicyclic) bond motifs is 1. The van der Waals surface area contributed by atoms with Crippen molar-refractivity contribution < 1.29 is 19.4 Å². The lowest BCUT2D eigenvalue weighted by molar-refractivity contribution is 0.0740. The van der Waals surface area contributed by atoms with Gasteiger partial charge >= 0.3 is 0 Å². The zero-order valence-corrected chi connectivity index (χ0v) is 21.2. The zero-order chi connectivity index (χ0) is 24.9. The van der Waals surface area contributed by atoms with Gasteiger partial charge in [0.2, 0.25) is 0 Å². The molecule has 1 atom stereocenters. The number of methoxy groups -OCH3 is 1. The number of halogens is 1. The van der Waals surface area contributed by atoms with Gasteiger partial charge in [0, 0.05) is 22.7 Å². The van der Waals surface area contributed by atoms with Crippen molar-refractivity contribution in [2.45, 2.75) is 52.0 Å². The van der Waals surface area contributed by atoms with Crippen molar-refractivity contribution in [2.24, 2.45) is 0 Å². The van der Waals surface area contributed by atoms with E-state index in [0.717, 1.165) is 43.2 Å². The molecule has 0 bridgehead atoms. The Morgan fingerprint density at radius 2 is 1.89 bits per heavy atom. The minimum Gasteiger partial charge on any atom is -0.507 e. The Morgan fingerprint density at radius 1 is 1.09 bits per heavy atom. The molecule has 7 nitrogen and oxygen atoms in total. The summed E-state index contributed by atoms with van der Waals surface area (Å²) in [6, 6.07) is 10.2. The number of rotatable bonds is 11. The Hall–Kier alpha value is -3.19. The molecule has 0 saturated carbocycles. The minimum absolute atomic E-state index is 0.0524. The third-order valence-electron chi connectivity index (χ3n) is 6.34. The van der Waals surface area contributed by atoms with Crippen LogP contribution in [0.15, 0.2) is 36.4 Å². The number of ether oxygens (including phenoxy) is 2. The summed E-state index contributed by atoms with van der Waals surface area (Å²) in [6.45, 7) is 5.48. The van der Waals surface area contributed by atoms with Crippen LogP contribution in [0.1, 0.15) is 73.6 Å². The number of benzene rings is 2. The van der Waals surface area contributed by atoms with Crippen LogP contribution in [0.2, 0.25) is 5.02 Å². The molecule has 186 valence electrons. The van der Waals surface area contributed by atoms with Gasteiger partial charge in [-0.05, 0) is 48.7 Å². The number of aromatic amines is 1. The van der Waals surface area contributed by atoms with Gasteiger partial charge in [-0.1, -0.05) is 50.8 Å². The minimum atomic E-state index is -0.389. The second kappa shape index (κ2) is 11.0. The van der Waals surface area contributed by atoms with Crippen molar-refractivity contribution in [3.63, 3.8) is 0 Å². The molecule has 0 saturated heterocycles. The van der Waals surface area contributed by atoms with E-state index in [0.29, 0.717) is 46.6 Å².